The number of nitrogens with zero attached hydrogens (tertiary/aromatic N) is 1. The highest BCUT2D eigenvalue weighted by atomic mass is 16.4. The van der Waals surface area contributed by atoms with Gasteiger partial charge in [-0.25, -0.2) is 0 Å². The van der Waals surface area contributed by atoms with Crippen LogP contribution in [0.4, 0.5) is 0 Å². The summed E-state index contributed by atoms with van der Waals surface area (Å²) in [5.74, 6) is -0.992. The fourth-order valence-electron chi connectivity index (χ4n) is 1.26. The van der Waals surface area contributed by atoms with Gasteiger partial charge in [-0.15, -0.1) is 0 Å². The van der Waals surface area contributed by atoms with Gasteiger partial charge in [0.2, 0.25) is 5.91 Å². The number of nitrogens with one attached hydrogen (secondary N) is 2. The van der Waals surface area contributed by atoms with E-state index in [1.165, 1.54) is 0 Å². The largest absolute Gasteiger partial charge is 0.481 e. The number of rotatable bonds is 6. The fourth-order valence-corrected chi connectivity index (χ4v) is 1.26. The van der Waals surface area contributed by atoms with E-state index in [0.717, 1.165) is 5.69 Å². The first-order valence-corrected chi connectivity index (χ1v) is 5.07. The molecule has 6 heteroatoms. The molecule has 1 aromatic heterocycles. The summed E-state index contributed by atoms with van der Waals surface area (Å²) in [7, 11) is 0. The fraction of sp³-hybridized carbons (Fsp3) is 0.500. The van der Waals surface area contributed by atoms with Crippen molar-refractivity contribution in [2.24, 2.45) is 0 Å². The lowest BCUT2D eigenvalue weighted by Gasteiger charge is -2.01. The average molecular weight is 225 g/mol. The summed E-state index contributed by atoms with van der Waals surface area (Å²) in [6.07, 6.45) is 0.736. The number of hydrogen-bond acceptors (Lipinski definition) is 3. The van der Waals surface area contributed by atoms with Crippen molar-refractivity contribution in [1.29, 1.82) is 0 Å². The maximum absolute atomic E-state index is 11.4. The van der Waals surface area contributed by atoms with Crippen LogP contribution in [-0.4, -0.2) is 33.7 Å². The van der Waals surface area contributed by atoms with Gasteiger partial charge in [-0.1, -0.05) is 0 Å². The van der Waals surface area contributed by atoms with Gasteiger partial charge in [0.25, 0.3) is 0 Å². The minimum Gasteiger partial charge on any atom is -0.481 e. The second kappa shape index (κ2) is 5.89. The molecule has 0 saturated heterocycles. The second-order valence-corrected chi connectivity index (χ2v) is 3.57. The number of aromatic amines is 1. The molecule has 0 radical (unpaired) electrons. The molecule has 0 unspecified atom stereocenters. The van der Waals surface area contributed by atoms with Crippen molar-refractivity contribution in [2.75, 3.05) is 6.54 Å². The highest BCUT2D eigenvalue weighted by molar-refractivity contribution is 5.78. The molecule has 0 aliphatic carbocycles. The van der Waals surface area contributed by atoms with E-state index in [1.807, 2.05) is 6.92 Å². The van der Waals surface area contributed by atoms with Gasteiger partial charge in [-0.05, 0) is 19.4 Å². The molecule has 0 saturated carbocycles. The maximum atomic E-state index is 11.4. The zero-order valence-corrected chi connectivity index (χ0v) is 9.12. The lowest BCUT2D eigenvalue weighted by Crippen LogP contribution is -2.26. The zero-order chi connectivity index (χ0) is 12.0. The summed E-state index contributed by atoms with van der Waals surface area (Å²) >= 11 is 0. The Kier molecular flexibility index (Phi) is 4.50. The van der Waals surface area contributed by atoms with Crippen LogP contribution in [0.1, 0.15) is 24.2 Å². The Morgan fingerprint density at radius 1 is 1.56 bits per heavy atom. The number of hydrogen-bond donors (Lipinski definition) is 3. The Morgan fingerprint density at radius 2 is 2.31 bits per heavy atom. The van der Waals surface area contributed by atoms with Crippen molar-refractivity contribution in [2.45, 2.75) is 26.2 Å². The van der Waals surface area contributed by atoms with Gasteiger partial charge in [0.05, 0.1) is 12.1 Å². The van der Waals surface area contributed by atoms with Gasteiger partial charge in [-0.3, -0.25) is 14.7 Å². The van der Waals surface area contributed by atoms with Crippen molar-refractivity contribution in [3.63, 3.8) is 0 Å². The van der Waals surface area contributed by atoms with E-state index in [-0.39, 0.29) is 18.7 Å². The lowest BCUT2D eigenvalue weighted by atomic mass is 10.2. The molecule has 1 amide bonds. The van der Waals surface area contributed by atoms with Gasteiger partial charge in [0.15, 0.2) is 0 Å². The number of amides is 1. The van der Waals surface area contributed by atoms with Gasteiger partial charge in [0, 0.05) is 18.7 Å². The molecule has 6 nitrogen and oxygen atoms in total. The molecule has 0 spiro atoms. The summed E-state index contributed by atoms with van der Waals surface area (Å²) in [6.45, 7) is 2.25. The first kappa shape index (κ1) is 12.2. The predicted octanol–water partition coefficient (Wildman–Crippen LogP) is 0.242. The molecule has 0 atom stereocenters. The molecule has 0 aliphatic rings. The molecular formula is C10H15N3O3. The monoisotopic (exact) mass is 225 g/mol. The smallest absolute Gasteiger partial charge is 0.303 e. The molecule has 88 valence electrons. The maximum Gasteiger partial charge on any atom is 0.303 e. The van der Waals surface area contributed by atoms with Crippen LogP contribution in [0.15, 0.2) is 6.07 Å². The number of aromatic nitrogens is 2. The molecule has 16 heavy (non-hydrogen) atoms. The number of aryl methyl sites for hydroxylation is 1. The molecule has 0 fully saturated rings. The number of carboxylic acids is 1. The van der Waals surface area contributed by atoms with Crippen LogP contribution in [0.25, 0.3) is 0 Å². The van der Waals surface area contributed by atoms with E-state index in [2.05, 4.69) is 15.5 Å². The number of carboxylic acid groups (broad SMARTS) is 1. The van der Waals surface area contributed by atoms with E-state index >= 15 is 0 Å². The topological polar surface area (TPSA) is 95.1 Å². The highest BCUT2D eigenvalue weighted by Gasteiger charge is 2.05. The quantitative estimate of drug-likeness (QED) is 0.604. The van der Waals surface area contributed by atoms with E-state index < -0.39 is 5.97 Å². The van der Waals surface area contributed by atoms with E-state index in [0.29, 0.717) is 18.7 Å². The summed E-state index contributed by atoms with van der Waals surface area (Å²) in [5, 5.41) is 17.7. The van der Waals surface area contributed by atoms with Gasteiger partial charge in [-0.2, -0.15) is 5.10 Å². The number of H-pyrrole nitrogens is 1. The average Bonchev–Trinajstić information content (AvgIpc) is 2.58. The lowest BCUT2D eigenvalue weighted by molar-refractivity contribution is -0.137. The van der Waals surface area contributed by atoms with Crippen molar-refractivity contribution >= 4 is 11.9 Å². The normalized spacial score (nSPS) is 10.1. The van der Waals surface area contributed by atoms with Crippen LogP contribution < -0.4 is 5.32 Å². The van der Waals surface area contributed by atoms with Gasteiger partial charge < -0.3 is 10.4 Å². The molecule has 0 bridgehead atoms. The molecule has 1 rings (SSSR count). The Bertz CT molecular complexity index is 373. The third-order valence-electron chi connectivity index (χ3n) is 1.99. The standard InChI is InChI=1S/C10H15N3O3/c1-7-5-8(13-12-7)6-9(14)11-4-2-3-10(15)16/h5H,2-4,6H2,1H3,(H,11,14)(H,12,13)(H,15,16). The number of carbonyl (C=O) groups is 2. The molecule has 0 aliphatic heterocycles. The van der Waals surface area contributed by atoms with Crippen LogP contribution in [0.3, 0.4) is 0 Å². The Balaban J connectivity index is 2.18. The van der Waals surface area contributed by atoms with E-state index in [9.17, 15) is 9.59 Å². The Morgan fingerprint density at radius 3 is 2.88 bits per heavy atom. The summed E-state index contributed by atoms with van der Waals surface area (Å²) in [4.78, 5) is 21.6. The third kappa shape index (κ3) is 4.59. The van der Waals surface area contributed by atoms with Crippen LogP contribution >= 0.6 is 0 Å². The first-order chi connectivity index (χ1) is 7.58. The molecule has 3 N–H and O–H groups in total. The highest BCUT2D eigenvalue weighted by Crippen LogP contribution is 1.98. The van der Waals surface area contributed by atoms with Crippen molar-refractivity contribution in [1.82, 2.24) is 15.5 Å². The first-order valence-electron chi connectivity index (χ1n) is 5.07. The third-order valence-corrected chi connectivity index (χ3v) is 1.99. The van der Waals surface area contributed by atoms with E-state index in [1.54, 1.807) is 6.07 Å². The molecule has 1 aromatic rings. The van der Waals surface area contributed by atoms with Gasteiger partial charge in [0.1, 0.15) is 0 Å². The Labute approximate surface area is 93.1 Å². The summed E-state index contributed by atoms with van der Waals surface area (Å²) in [5.41, 5.74) is 1.60. The number of carbonyl (C=O) groups excluding carboxylic acids is 1. The molecular weight excluding hydrogens is 210 g/mol. The zero-order valence-electron chi connectivity index (χ0n) is 9.12. The predicted molar refractivity (Wildman–Crippen MR) is 56.9 cm³/mol. The SMILES string of the molecule is Cc1cc(CC(=O)NCCCC(=O)O)n[nH]1. The molecule has 1 heterocycles. The van der Waals surface area contributed by atoms with Crippen molar-refractivity contribution in [3.05, 3.63) is 17.5 Å². The minimum atomic E-state index is -0.850. The van der Waals surface area contributed by atoms with Crippen molar-refractivity contribution < 1.29 is 14.7 Å². The Hall–Kier alpha value is -1.85. The van der Waals surface area contributed by atoms with Crippen molar-refractivity contribution in [3.8, 4) is 0 Å². The second-order valence-electron chi connectivity index (χ2n) is 3.57. The van der Waals surface area contributed by atoms with Gasteiger partial charge >= 0.3 is 5.97 Å². The van der Waals surface area contributed by atoms with Crippen LogP contribution in [0, 0.1) is 6.92 Å². The minimum absolute atomic E-state index is 0.0712. The summed E-state index contributed by atoms with van der Waals surface area (Å²) in [6, 6.07) is 1.80. The van der Waals surface area contributed by atoms with Crippen LogP contribution in [0.5, 0.6) is 0 Å². The number of aliphatic carboxylic acids is 1. The van der Waals surface area contributed by atoms with Crippen LogP contribution in [0.2, 0.25) is 0 Å². The summed E-state index contributed by atoms with van der Waals surface area (Å²) < 4.78 is 0. The van der Waals surface area contributed by atoms with E-state index in [4.69, 9.17) is 5.11 Å². The molecule has 0 aromatic carbocycles. The van der Waals surface area contributed by atoms with Crippen LogP contribution in [-0.2, 0) is 16.0 Å².